The standard InChI is InChI=1S/C18H21N3O4/c22-17-11-25-18(13-21(17)16-5-1-2-6-19-16)12-20(7-9-23-14-18)10-15-4-3-8-24-15/h1-6,8H,7,9-14H2. The minimum absolute atomic E-state index is 0.0362. The number of hydrogen-bond acceptors (Lipinski definition) is 6. The number of hydrogen-bond donors (Lipinski definition) is 0. The van der Waals surface area contributed by atoms with Crippen LogP contribution < -0.4 is 4.90 Å². The van der Waals surface area contributed by atoms with E-state index in [9.17, 15) is 4.79 Å². The fraction of sp³-hybridized carbons (Fsp3) is 0.444. The maximum atomic E-state index is 12.3. The fourth-order valence-electron chi connectivity index (χ4n) is 3.36. The highest BCUT2D eigenvalue weighted by Gasteiger charge is 2.43. The van der Waals surface area contributed by atoms with Crippen LogP contribution in [0.4, 0.5) is 5.82 Å². The molecule has 1 unspecified atom stereocenters. The van der Waals surface area contributed by atoms with Gasteiger partial charge in [0.1, 0.15) is 23.8 Å². The normalized spacial score (nSPS) is 25.3. The molecule has 1 amide bonds. The van der Waals surface area contributed by atoms with Crippen LogP contribution in [0.3, 0.4) is 0 Å². The van der Waals surface area contributed by atoms with Gasteiger partial charge in [-0.15, -0.1) is 0 Å². The van der Waals surface area contributed by atoms with Gasteiger partial charge in [0, 0.05) is 19.3 Å². The molecule has 2 fully saturated rings. The van der Waals surface area contributed by atoms with E-state index in [1.54, 1.807) is 17.4 Å². The average Bonchev–Trinajstić information content (AvgIpc) is 3.07. The number of morpholine rings is 1. The summed E-state index contributed by atoms with van der Waals surface area (Å²) in [6.07, 6.45) is 3.37. The van der Waals surface area contributed by atoms with Gasteiger partial charge < -0.3 is 13.9 Å². The molecule has 0 radical (unpaired) electrons. The first kappa shape index (κ1) is 16.3. The van der Waals surface area contributed by atoms with E-state index in [-0.39, 0.29) is 12.5 Å². The van der Waals surface area contributed by atoms with Crippen molar-refractivity contribution in [1.82, 2.24) is 9.88 Å². The number of anilines is 1. The van der Waals surface area contributed by atoms with Gasteiger partial charge in [0.15, 0.2) is 0 Å². The monoisotopic (exact) mass is 343 g/mol. The van der Waals surface area contributed by atoms with E-state index in [0.717, 1.165) is 12.3 Å². The van der Waals surface area contributed by atoms with Gasteiger partial charge in [-0.3, -0.25) is 14.6 Å². The summed E-state index contributed by atoms with van der Waals surface area (Å²) in [5.41, 5.74) is -0.561. The van der Waals surface area contributed by atoms with Crippen LogP contribution in [0.5, 0.6) is 0 Å². The Kier molecular flexibility index (Phi) is 4.52. The third-order valence-electron chi connectivity index (χ3n) is 4.56. The molecule has 2 aliphatic rings. The summed E-state index contributed by atoms with van der Waals surface area (Å²) in [7, 11) is 0. The Morgan fingerprint density at radius 3 is 2.96 bits per heavy atom. The molecule has 1 atom stereocenters. The van der Waals surface area contributed by atoms with Crippen molar-refractivity contribution in [3.8, 4) is 0 Å². The van der Waals surface area contributed by atoms with Crippen molar-refractivity contribution >= 4 is 11.7 Å². The molecule has 1 spiro atoms. The second-order valence-corrected chi connectivity index (χ2v) is 6.48. The van der Waals surface area contributed by atoms with Crippen molar-refractivity contribution in [2.45, 2.75) is 12.1 Å². The molecule has 2 aromatic rings. The second kappa shape index (κ2) is 6.95. The summed E-state index contributed by atoms with van der Waals surface area (Å²) in [5.74, 6) is 1.48. The molecule has 0 bridgehead atoms. The Balaban J connectivity index is 1.53. The Bertz CT molecular complexity index is 706. The highest BCUT2D eigenvalue weighted by atomic mass is 16.6. The van der Waals surface area contributed by atoms with Gasteiger partial charge in [0.05, 0.1) is 32.6 Å². The molecule has 7 heteroatoms. The Hall–Kier alpha value is -2.22. The van der Waals surface area contributed by atoms with E-state index in [4.69, 9.17) is 13.9 Å². The Morgan fingerprint density at radius 2 is 2.16 bits per heavy atom. The van der Waals surface area contributed by atoms with Gasteiger partial charge in [0.25, 0.3) is 5.91 Å². The lowest BCUT2D eigenvalue weighted by Gasteiger charge is -2.42. The number of carbonyl (C=O) groups is 1. The highest BCUT2D eigenvalue weighted by molar-refractivity contribution is 5.94. The molecular weight excluding hydrogens is 322 g/mol. The van der Waals surface area contributed by atoms with Crippen LogP contribution in [0.25, 0.3) is 0 Å². The van der Waals surface area contributed by atoms with E-state index >= 15 is 0 Å². The number of nitrogens with zero attached hydrogens (tertiary/aromatic N) is 3. The van der Waals surface area contributed by atoms with E-state index < -0.39 is 5.60 Å². The van der Waals surface area contributed by atoms with Crippen LogP contribution in [-0.4, -0.2) is 60.8 Å². The molecule has 0 N–H and O–H groups in total. The molecule has 2 saturated heterocycles. The van der Waals surface area contributed by atoms with Crippen LogP contribution >= 0.6 is 0 Å². The van der Waals surface area contributed by atoms with E-state index in [2.05, 4.69) is 9.88 Å². The van der Waals surface area contributed by atoms with Crippen molar-refractivity contribution in [2.24, 2.45) is 0 Å². The van der Waals surface area contributed by atoms with E-state index in [1.165, 1.54) is 0 Å². The zero-order valence-electron chi connectivity index (χ0n) is 14.0. The molecule has 4 rings (SSSR count). The van der Waals surface area contributed by atoms with Gasteiger partial charge in [-0.25, -0.2) is 4.98 Å². The number of carbonyl (C=O) groups excluding carboxylic acids is 1. The van der Waals surface area contributed by atoms with Crippen LogP contribution in [-0.2, 0) is 20.8 Å². The summed E-state index contributed by atoms with van der Waals surface area (Å²) in [6.45, 7) is 3.71. The Labute approximate surface area is 146 Å². The lowest BCUT2D eigenvalue weighted by molar-refractivity contribution is -0.146. The minimum atomic E-state index is -0.561. The number of ether oxygens (including phenoxy) is 2. The van der Waals surface area contributed by atoms with Crippen molar-refractivity contribution in [3.63, 3.8) is 0 Å². The van der Waals surface area contributed by atoms with E-state index in [1.807, 2.05) is 30.3 Å². The predicted octanol–water partition coefficient (Wildman–Crippen LogP) is 1.31. The zero-order chi connectivity index (χ0) is 17.1. The molecule has 7 nitrogen and oxygen atoms in total. The largest absolute Gasteiger partial charge is 0.468 e. The topological polar surface area (TPSA) is 68.0 Å². The first-order chi connectivity index (χ1) is 12.2. The van der Waals surface area contributed by atoms with Gasteiger partial charge >= 0.3 is 0 Å². The van der Waals surface area contributed by atoms with Gasteiger partial charge in [-0.1, -0.05) is 6.07 Å². The second-order valence-electron chi connectivity index (χ2n) is 6.48. The summed E-state index contributed by atoms with van der Waals surface area (Å²) in [4.78, 5) is 20.6. The molecule has 4 heterocycles. The maximum Gasteiger partial charge on any atom is 0.254 e. The quantitative estimate of drug-likeness (QED) is 0.837. The van der Waals surface area contributed by atoms with Crippen molar-refractivity contribution in [3.05, 3.63) is 48.6 Å². The maximum absolute atomic E-state index is 12.3. The van der Waals surface area contributed by atoms with Crippen LogP contribution in [0.1, 0.15) is 5.76 Å². The molecule has 0 aliphatic carbocycles. The molecule has 2 aromatic heterocycles. The highest BCUT2D eigenvalue weighted by Crippen LogP contribution is 2.26. The summed E-state index contributed by atoms with van der Waals surface area (Å²) in [5, 5.41) is 0. The average molecular weight is 343 g/mol. The number of furan rings is 1. The van der Waals surface area contributed by atoms with Crippen molar-refractivity contribution < 1.29 is 18.7 Å². The predicted molar refractivity (Wildman–Crippen MR) is 90.1 cm³/mol. The SMILES string of the molecule is O=C1COC2(COCCN(Cc3ccco3)C2)CN1c1ccccn1. The summed E-state index contributed by atoms with van der Waals surface area (Å²) < 4.78 is 17.2. The van der Waals surface area contributed by atoms with Crippen molar-refractivity contribution in [2.75, 3.05) is 44.4 Å². The van der Waals surface area contributed by atoms with Gasteiger partial charge in [0.2, 0.25) is 0 Å². The number of pyridine rings is 1. The smallest absolute Gasteiger partial charge is 0.254 e. The first-order valence-electron chi connectivity index (χ1n) is 8.42. The fourth-order valence-corrected chi connectivity index (χ4v) is 3.36. The molecule has 0 saturated carbocycles. The lowest BCUT2D eigenvalue weighted by atomic mass is 10.0. The molecule has 25 heavy (non-hydrogen) atoms. The lowest BCUT2D eigenvalue weighted by Crippen LogP contribution is -2.60. The minimum Gasteiger partial charge on any atom is -0.468 e. The molecule has 0 aromatic carbocycles. The summed E-state index contributed by atoms with van der Waals surface area (Å²) in [6, 6.07) is 9.41. The third-order valence-corrected chi connectivity index (χ3v) is 4.56. The summed E-state index contributed by atoms with van der Waals surface area (Å²) >= 11 is 0. The molecule has 132 valence electrons. The third kappa shape index (κ3) is 3.58. The Morgan fingerprint density at radius 1 is 1.20 bits per heavy atom. The number of rotatable bonds is 3. The van der Waals surface area contributed by atoms with Crippen LogP contribution in [0, 0.1) is 0 Å². The van der Waals surface area contributed by atoms with E-state index in [0.29, 0.717) is 38.7 Å². The van der Waals surface area contributed by atoms with Crippen molar-refractivity contribution in [1.29, 1.82) is 0 Å². The van der Waals surface area contributed by atoms with Gasteiger partial charge in [-0.05, 0) is 24.3 Å². The molecular formula is C18H21N3O4. The number of amides is 1. The molecule has 2 aliphatic heterocycles. The first-order valence-corrected chi connectivity index (χ1v) is 8.42. The number of aromatic nitrogens is 1. The van der Waals surface area contributed by atoms with Gasteiger partial charge in [-0.2, -0.15) is 0 Å². The van der Waals surface area contributed by atoms with Crippen LogP contribution in [0.2, 0.25) is 0 Å². The zero-order valence-corrected chi connectivity index (χ0v) is 14.0. The van der Waals surface area contributed by atoms with Crippen LogP contribution in [0.15, 0.2) is 47.2 Å².